The van der Waals surface area contributed by atoms with Crippen molar-refractivity contribution < 1.29 is 4.74 Å². The van der Waals surface area contributed by atoms with Crippen LogP contribution in [0.1, 0.15) is 35.9 Å². The van der Waals surface area contributed by atoms with Gasteiger partial charge in [0.05, 0.1) is 25.0 Å². The number of nitrogens with one attached hydrogen (secondary N) is 1. The molecule has 2 rings (SSSR count). The van der Waals surface area contributed by atoms with Crippen molar-refractivity contribution in [1.82, 2.24) is 25.0 Å². The molecule has 0 fully saturated rings. The Bertz CT molecular complexity index is 723. The quantitative estimate of drug-likeness (QED) is 0.759. The van der Waals surface area contributed by atoms with Gasteiger partial charge in [0, 0.05) is 44.2 Å². The SMILES string of the molecule is C=C(c1nn(Cc2cnc(CNC)cc2OC)cc1C)N(C)CCC. The molecule has 0 atom stereocenters. The first-order valence-corrected chi connectivity index (χ1v) is 8.61. The lowest BCUT2D eigenvalue weighted by Crippen LogP contribution is -2.17. The zero-order valence-corrected chi connectivity index (χ0v) is 16.0. The van der Waals surface area contributed by atoms with Crippen molar-refractivity contribution in [1.29, 1.82) is 0 Å². The van der Waals surface area contributed by atoms with Crippen LogP contribution in [0.3, 0.4) is 0 Å². The average molecular weight is 343 g/mol. The highest BCUT2D eigenvalue weighted by Crippen LogP contribution is 2.22. The molecular formula is C19H29N5O. The molecule has 6 heteroatoms. The third-order valence-corrected chi connectivity index (χ3v) is 4.15. The van der Waals surface area contributed by atoms with E-state index >= 15 is 0 Å². The maximum Gasteiger partial charge on any atom is 0.127 e. The highest BCUT2D eigenvalue weighted by Gasteiger charge is 2.14. The van der Waals surface area contributed by atoms with E-state index in [9.17, 15) is 0 Å². The van der Waals surface area contributed by atoms with E-state index in [4.69, 9.17) is 9.84 Å². The Balaban J connectivity index is 2.21. The van der Waals surface area contributed by atoms with E-state index in [1.54, 1.807) is 7.11 Å². The Morgan fingerprint density at radius 3 is 2.84 bits per heavy atom. The Labute approximate surface area is 150 Å². The van der Waals surface area contributed by atoms with Gasteiger partial charge in [-0.2, -0.15) is 5.10 Å². The summed E-state index contributed by atoms with van der Waals surface area (Å²) >= 11 is 0. The van der Waals surface area contributed by atoms with Crippen LogP contribution in [0.2, 0.25) is 0 Å². The van der Waals surface area contributed by atoms with Crippen molar-refractivity contribution >= 4 is 5.70 Å². The van der Waals surface area contributed by atoms with E-state index < -0.39 is 0 Å². The monoisotopic (exact) mass is 343 g/mol. The number of methoxy groups -OCH3 is 1. The lowest BCUT2D eigenvalue weighted by atomic mass is 10.2. The number of pyridine rings is 1. The van der Waals surface area contributed by atoms with E-state index in [-0.39, 0.29) is 0 Å². The summed E-state index contributed by atoms with van der Waals surface area (Å²) < 4.78 is 7.45. The molecule has 0 saturated carbocycles. The lowest BCUT2D eigenvalue weighted by Gasteiger charge is -2.19. The zero-order chi connectivity index (χ0) is 18.4. The third kappa shape index (κ3) is 4.60. The molecule has 2 aromatic rings. The number of aromatic nitrogens is 3. The van der Waals surface area contributed by atoms with Gasteiger partial charge in [0.15, 0.2) is 0 Å². The lowest BCUT2D eigenvalue weighted by molar-refractivity contribution is 0.405. The minimum Gasteiger partial charge on any atom is -0.496 e. The van der Waals surface area contributed by atoms with E-state index in [0.717, 1.165) is 46.9 Å². The molecule has 0 spiro atoms. The summed E-state index contributed by atoms with van der Waals surface area (Å²) in [5.41, 5.74) is 4.97. The molecule has 0 saturated heterocycles. The van der Waals surface area contributed by atoms with Gasteiger partial charge >= 0.3 is 0 Å². The Hall–Kier alpha value is -2.34. The topological polar surface area (TPSA) is 55.2 Å². The van der Waals surface area contributed by atoms with Crippen LogP contribution in [0.5, 0.6) is 5.75 Å². The van der Waals surface area contributed by atoms with E-state index in [2.05, 4.69) is 42.7 Å². The third-order valence-electron chi connectivity index (χ3n) is 4.15. The van der Waals surface area contributed by atoms with Crippen LogP contribution in [-0.2, 0) is 13.1 Å². The zero-order valence-electron chi connectivity index (χ0n) is 16.0. The smallest absolute Gasteiger partial charge is 0.127 e. The molecule has 0 unspecified atom stereocenters. The van der Waals surface area contributed by atoms with Crippen molar-refractivity contribution in [2.75, 3.05) is 27.7 Å². The maximum atomic E-state index is 5.52. The number of aryl methyl sites for hydroxylation is 1. The molecule has 0 amide bonds. The van der Waals surface area contributed by atoms with Gasteiger partial charge in [-0.3, -0.25) is 9.67 Å². The first kappa shape index (κ1) is 19.0. The Morgan fingerprint density at radius 1 is 1.44 bits per heavy atom. The Kier molecular flexibility index (Phi) is 6.58. The number of hydrogen-bond donors (Lipinski definition) is 1. The van der Waals surface area contributed by atoms with Gasteiger partial charge in [-0.1, -0.05) is 13.5 Å². The number of rotatable bonds is 9. The first-order valence-electron chi connectivity index (χ1n) is 8.61. The van der Waals surface area contributed by atoms with Crippen molar-refractivity contribution in [2.24, 2.45) is 0 Å². The van der Waals surface area contributed by atoms with E-state index in [0.29, 0.717) is 13.1 Å². The second kappa shape index (κ2) is 8.67. The van der Waals surface area contributed by atoms with Crippen molar-refractivity contribution in [3.8, 4) is 5.75 Å². The van der Waals surface area contributed by atoms with Crippen LogP contribution in [0.4, 0.5) is 0 Å². The summed E-state index contributed by atoms with van der Waals surface area (Å²) in [4.78, 5) is 6.63. The molecule has 136 valence electrons. The molecule has 0 aliphatic carbocycles. The minimum absolute atomic E-state index is 0.613. The maximum absolute atomic E-state index is 5.52. The van der Waals surface area contributed by atoms with Gasteiger partial charge in [-0.05, 0) is 26.0 Å². The number of nitrogens with zero attached hydrogens (tertiary/aromatic N) is 4. The van der Waals surface area contributed by atoms with Crippen LogP contribution in [0.15, 0.2) is 25.0 Å². The van der Waals surface area contributed by atoms with Gasteiger partial charge in [0.25, 0.3) is 0 Å². The summed E-state index contributed by atoms with van der Waals surface area (Å²) in [6.07, 6.45) is 4.98. The van der Waals surface area contributed by atoms with Crippen LogP contribution in [0.25, 0.3) is 5.70 Å². The summed E-state index contributed by atoms with van der Waals surface area (Å²) in [5, 5.41) is 7.82. The fourth-order valence-corrected chi connectivity index (χ4v) is 2.81. The normalized spacial score (nSPS) is 10.8. The van der Waals surface area contributed by atoms with Crippen molar-refractivity contribution in [3.63, 3.8) is 0 Å². The Morgan fingerprint density at radius 2 is 2.20 bits per heavy atom. The van der Waals surface area contributed by atoms with Crippen LogP contribution in [0, 0.1) is 6.92 Å². The molecule has 2 heterocycles. The standard InChI is InChI=1S/C19H29N5O/c1-7-8-23(5)15(3)19-14(2)12-24(22-19)13-16-10-21-17(11-20-4)9-18(16)25-6/h9-10,12,20H,3,7-8,11,13H2,1-2,4-6H3. The average Bonchev–Trinajstić information content (AvgIpc) is 2.96. The molecular weight excluding hydrogens is 314 g/mol. The van der Waals surface area contributed by atoms with E-state index in [1.807, 2.05) is 30.2 Å². The predicted octanol–water partition coefficient (Wildman–Crippen LogP) is 2.68. The largest absolute Gasteiger partial charge is 0.496 e. The molecule has 0 bridgehead atoms. The summed E-state index contributed by atoms with van der Waals surface area (Å²) in [6.45, 7) is 10.7. The van der Waals surface area contributed by atoms with Crippen molar-refractivity contribution in [2.45, 2.75) is 33.4 Å². The van der Waals surface area contributed by atoms with Gasteiger partial charge in [-0.15, -0.1) is 0 Å². The van der Waals surface area contributed by atoms with Crippen LogP contribution >= 0.6 is 0 Å². The highest BCUT2D eigenvalue weighted by atomic mass is 16.5. The molecule has 1 N–H and O–H groups in total. The molecule has 25 heavy (non-hydrogen) atoms. The number of ether oxygens (including phenoxy) is 1. The van der Waals surface area contributed by atoms with E-state index in [1.165, 1.54) is 0 Å². The summed E-state index contributed by atoms with van der Waals surface area (Å²) in [7, 11) is 5.64. The molecule has 0 aromatic carbocycles. The highest BCUT2D eigenvalue weighted by molar-refractivity contribution is 5.60. The summed E-state index contributed by atoms with van der Waals surface area (Å²) in [5.74, 6) is 0.830. The first-order chi connectivity index (χ1) is 12.0. The van der Waals surface area contributed by atoms with Gasteiger partial charge in [-0.25, -0.2) is 0 Å². The number of hydrogen-bond acceptors (Lipinski definition) is 5. The second-order valence-corrected chi connectivity index (χ2v) is 6.24. The fourth-order valence-electron chi connectivity index (χ4n) is 2.81. The van der Waals surface area contributed by atoms with Gasteiger partial charge < -0.3 is 15.0 Å². The molecule has 0 aliphatic rings. The molecule has 6 nitrogen and oxygen atoms in total. The second-order valence-electron chi connectivity index (χ2n) is 6.24. The predicted molar refractivity (Wildman–Crippen MR) is 102 cm³/mol. The minimum atomic E-state index is 0.613. The van der Waals surface area contributed by atoms with Gasteiger partial charge in [0.2, 0.25) is 0 Å². The fraction of sp³-hybridized carbons (Fsp3) is 0.474. The van der Waals surface area contributed by atoms with Crippen molar-refractivity contribution in [3.05, 3.63) is 47.6 Å². The molecule has 0 aliphatic heterocycles. The van der Waals surface area contributed by atoms with Crippen LogP contribution < -0.4 is 10.1 Å². The molecule has 0 radical (unpaired) electrons. The van der Waals surface area contributed by atoms with Crippen LogP contribution in [-0.4, -0.2) is 47.4 Å². The molecule has 2 aromatic heterocycles. The van der Waals surface area contributed by atoms with Gasteiger partial charge in [0.1, 0.15) is 11.4 Å². The summed E-state index contributed by atoms with van der Waals surface area (Å²) in [6, 6.07) is 1.97.